The van der Waals surface area contributed by atoms with E-state index in [1.54, 1.807) is 22.0 Å². The van der Waals surface area contributed by atoms with Crippen LogP contribution < -0.4 is 0 Å². The number of hydrogen-bond acceptors (Lipinski definition) is 4. The second-order valence-corrected chi connectivity index (χ2v) is 14.7. The number of rotatable bonds is 5. The molecule has 4 aromatic heterocycles. The molecule has 266 valence electrons. The molecule has 12 rings (SSSR count). The Morgan fingerprint density at radius 3 is 1.81 bits per heavy atom. The maximum Gasteiger partial charge on any atom is 0.238 e. The Kier molecular flexibility index (Phi) is 5.18. The lowest BCUT2D eigenvalue weighted by Crippen LogP contribution is -2.07. The highest BCUT2D eigenvalue weighted by atomic mass is 32.1. The SMILES string of the molecule is [2H]c1c([2H])c([2H])c2c(c1[2H])c1c([2H])c([2H])c3c4c([2H])c([2H])c([2H])c([2H])c4n(-c4nc(-c5ccccc5)nc(-c5cccc6c5sc5ccccc56)n4)c3c1n2-c1cccc(-c2ccccc2)c1. The van der Waals surface area contributed by atoms with Crippen molar-refractivity contribution in [1.82, 2.24) is 24.1 Å². The minimum absolute atomic E-state index is 0.000579. The van der Waals surface area contributed by atoms with Crippen molar-refractivity contribution in [2.24, 2.45) is 0 Å². The Morgan fingerprint density at radius 2 is 1.04 bits per heavy atom. The van der Waals surface area contributed by atoms with Crippen LogP contribution in [-0.4, -0.2) is 24.1 Å². The van der Waals surface area contributed by atoms with Crippen molar-refractivity contribution in [2.45, 2.75) is 0 Å². The smallest absolute Gasteiger partial charge is 0.238 e. The van der Waals surface area contributed by atoms with Crippen molar-refractivity contribution in [2.75, 3.05) is 0 Å². The van der Waals surface area contributed by atoms with E-state index in [-0.39, 0.29) is 73.3 Å². The molecule has 0 fully saturated rings. The van der Waals surface area contributed by atoms with Crippen LogP contribution in [0.15, 0.2) is 188 Å². The first kappa shape index (κ1) is 23.5. The molecule has 4 heterocycles. The summed E-state index contributed by atoms with van der Waals surface area (Å²) in [4.78, 5) is 15.3. The summed E-state index contributed by atoms with van der Waals surface area (Å²) in [6, 6.07) is 35.7. The average molecular weight is 756 g/mol. The highest BCUT2D eigenvalue weighted by Gasteiger charge is 2.24. The molecule has 0 unspecified atom stereocenters. The van der Waals surface area contributed by atoms with E-state index in [9.17, 15) is 8.22 Å². The molecule has 0 aliphatic heterocycles. The number of para-hydroxylation sites is 2. The summed E-state index contributed by atoms with van der Waals surface area (Å²) in [5.41, 5.74) is 3.69. The quantitative estimate of drug-likeness (QED) is 0.176. The lowest BCUT2D eigenvalue weighted by atomic mass is 10.1. The molecule has 0 saturated heterocycles. The fourth-order valence-corrected chi connectivity index (χ4v) is 9.16. The molecule has 8 aromatic carbocycles. The lowest BCUT2D eigenvalue weighted by molar-refractivity contribution is 0.954. The van der Waals surface area contributed by atoms with Crippen LogP contribution in [0.1, 0.15) is 13.7 Å². The van der Waals surface area contributed by atoms with Crippen LogP contribution in [0, 0.1) is 0 Å². The van der Waals surface area contributed by atoms with Gasteiger partial charge in [0, 0.05) is 58.5 Å². The Bertz CT molecular complexity index is 4110. The molecular weight excluding hydrogens is 715 g/mol. The van der Waals surface area contributed by atoms with Crippen LogP contribution >= 0.6 is 11.3 Å². The zero-order valence-corrected chi connectivity index (χ0v) is 30.6. The van der Waals surface area contributed by atoms with Gasteiger partial charge in [0.2, 0.25) is 5.95 Å². The predicted molar refractivity (Wildman–Crippen MR) is 238 cm³/mol. The molecule has 0 radical (unpaired) electrons. The minimum atomic E-state index is -0.545. The first-order valence-corrected chi connectivity index (χ1v) is 19.1. The number of aromatic nitrogens is 5. The molecule has 0 bridgehead atoms. The van der Waals surface area contributed by atoms with Gasteiger partial charge in [-0.1, -0.05) is 151 Å². The van der Waals surface area contributed by atoms with Gasteiger partial charge in [0.05, 0.1) is 35.8 Å². The third-order valence-electron chi connectivity index (χ3n) is 10.5. The lowest BCUT2D eigenvalue weighted by Gasteiger charge is -2.14. The van der Waals surface area contributed by atoms with Gasteiger partial charge in [-0.3, -0.25) is 4.57 Å². The highest BCUT2D eigenvalue weighted by Crippen LogP contribution is 2.43. The molecule has 57 heavy (non-hydrogen) atoms. The Labute approximate surface area is 345 Å². The van der Waals surface area contributed by atoms with Crippen LogP contribution in [0.3, 0.4) is 0 Å². The Hall–Kier alpha value is -7.41. The van der Waals surface area contributed by atoms with Gasteiger partial charge in [-0.2, -0.15) is 9.97 Å². The van der Waals surface area contributed by atoms with Gasteiger partial charge < -0.3 is 4.57 Å². The molecule has 0 atom stereocenters. The number of benzene rings is 8. The second kappa shape index (κ2) is 12.6. The molecule has 0 spiro atoms. The number of hydrogen-bond donors (Lipinski definition) is 0. The summed E-state index contributed by atoms with van der Waals surface area (Å²) in [6.45, 7) is 0. The van der Waals surface area contributed by atoms with Crippen LogP contribution in [0.5, 0.6) is 0 Å². The van der Waals surface area contributed by atoms with Crippen molar-refractivity contribution in [1.29, 1.82) is 0 Å². The topological polar surface area (TPSA) is 48.5 Å². The molecule has 0 aliphatic rings. The van der Waals surface area contributed by atoms with E-state index in [1.165, 1.54) is 4.57 Å². The molecule has 6 heteroatoms. The summed E-state index contributed by atoms with van der Waals surface area (Å²) in [5.74, 6) is 0.469. The van der Waals surface area contributed by atoms with E-state index in [4.69, 9.17) is 20.4 Å². The molecule has 0 saturated carbocycles. The van der Waals surface area contributed by atoms with E-state index < -0.39 is 48.3 Å². The molecular formula is C51H31N5S. The predicted octanol–water partition coefficient (Wildman–Crippen LogP) is 13.4. The van der Waals surface area contributed by atoms with Crippen molar-refractivity contribution in [3.05, 3.63) is 188 Å². The van der Waals surface area contributed by atoms with Crippen LogP contribution in [0.25, 0.3) is 109 Å². The van der Waals surface area contributed by atoms with Crippen LogP contribution in [0.4, 0.5) is 0 Å². The number of fused-ring (bicyclic) bond motifs is 10. The van der Waals surface area contributed by atoms with E-state index in [2.05, 4.69) is 12.1 Å². The molecule has 0 aliphatic carbocycles. The highest BCUT2D eigenvalue weighted by molar-refractivity contribution is 7.26. The van der Waals surface area contributed by atoms with Crippen molar-refractivity contribution in [3.63, 3.8) is 0 Å². The fourth-order valence-electron chi connectivity index (χ4n) is 7.95. The van der Waals surface area contributed by atoms with Gasteiger partial charge in [-0.05, 0) is 47.5 Å². The summed E-state index contributed by atoms with van der Waals surface area (Å²) >= 11 is 1.59. The zero-order valence-electron chi connectivity index (χ0n) is 39.8. The summed E-state index contributed by atoms with van der Waals surface area (Å²) < 4.78 is 98.0. The summed E-state index contributed by atoms with van der Waals surface area (Å²) in [5, 5.41) is 2.03. The van der Waals surface area contributed by atoms with Crippen molar-refractivity contribution in [3.8, 4) is 45.5 Å². The Balaban J connectivity index is 1.33. The molecule has 0 amide bonds. The van der Waals surface area contributed by atoms with Crippen LogP contribution in [0.2, 0.25) is 0 Å². The zero-order chi connectivity index (χ0) is 46.2. The summed E-state index contributed by atoms with van der Waals surface area (Å²) in [7, 11) is 0. The van der Waals surface area contributed by atoms with E-state index in [1.807, 2.05) is 109 Å². The minimum Gasteiger partial charge on any atom is -0.307 e. The maximum absolute atomic E-state index is 9.77. The van der Waals surface area contributed by atoms with Gasteiger partial charge in [0.15, 0.2) is 11.6 Å². The Morgan fingerprint density at radius 1 is 0.439 bits per heavy atom. The molecule has 0 N–H and O–H groups in total. The van der Waals surface area contributed by atoms with Gasteiger partial charge in [-0.25, -0.2) is 4.98 Å². The first-order chi connectivity index (χ1) is 32.4. The standard InChI is InChI=1S/C51H31N5S/c1-3-15-32(16-4-1)34-19-13-20-35(31-34)55-43-26-10-7-21-36(43)39-29-30-40-37-22-8-11-27-44(37)56(47(40)46(39)55)51-53-49(33-17-5-2-6-18-33)52-50(54-51)42-25-14-24-41-38-23-9-12-28-45(38)57-48(41)42/h1-31H/i7D,8D,10D,11D,21D,22D,26D,27D,29D,30D. The van der Waals surface area contributed by atoms with Crippen molar-refractivity contribution >= 4 is 75.1 Å². The third kappa shape index (κ3) is 4.91. The van der Waals surface area contributed by atoms with E-state index in [0.717, 1.165) is 31.3 Å². The van der Waals surface area contributed by atoms with Crippen molar-refractivity contribution < 1.29 is 13.7 Å². The number of thiophene rings is 1. The van der Waals surface area contributed by atoms with Crippen LogP contribution in [-0.2, 0) is 0 Å². The monoisotopic (exact) mass is 755 g/mol. The largest absolute Gasteiger partial charge is 0.307 e. The second-order valence-electron chi connectivity index (χ2n) is 13.7. The van der Waals surface area contributed by atoms with Gasteiger partial charge in [0.25, 0.3) is 0 Å². The normalized spacial score (nSPS) is 14.3. The first-order valence-electron chi connectivity index (χ1n) is 23.3. The fraction of sp³-hybridized carbons (Fsp3) is 0. The molecule has 5 nitrogen and oxygen atoms in total. The maximum atomic E-state index is 9.77. The van der Waals surface area contributed by atoms with Gasteiger partial charge >= 0.3 is 0 Å². The molecule has 12 aromatic rings. The van der Waals surface area contributed by atoms with E-state index >= 15 is 0 Å². The van der Waals surface area contributed by atoms with E-state index in [0.29, 0.717) is 16.8 Å². The third-order valence-corrected chi connectivity index (χ3v) is 11.7. The summed E-state index contributed by atoms with van der Waals surface area (Å²) in [6.07, 6.45) is 0. The average Bonchev–Trinajstić information content (AvgIpc) is 4.05. The number of nitrogens with zero attached hydrogens (tertiary/aromatic N) is 5. The van der Waals surface area contributed by atoms with Gasteiger partial charge in [-0.15, -0.1) is 11.3 Å². The van der Waals surface area contributed by atoms with Gasteiger partial charge in [0.1, 0.15) is 0 Å².